The van der Waals surface area contributed by atoms with Gasteiger partial charge in [-0.05, 0) is 43.5 Å². The summed E-state index contributed by atoms with van der Waals surface area (Å²) in [6, 6.07) is 4.63. The molecule has 0 bridgehead atoms. The fourth-order valence-corrected chi connectivity index (χ4v) is 2.46. The smallest absolute Gasteiger partial charge is 0.326 e. The lowest BCUT2D eigenvalue weighted by molar-refractivity contribution is -0.141. The van der Waals surface area contributed by atoms with Crippen molar-refractivity contribution in [3.63, 3.8) is 0 Å². The standard InChI is InChI=1S/C13H14BrNO3/c1-8-7-9(4-5-10(8)14)12(16)15-6-2-3-11(15)13(17)18/h4-5,7,11H,2-3,6H2,1H3,(H,17,18). The van der Waals surface area contributed by atoms with Crippen molar-refractivity contribution in [2.45, 2.75) is 25.8 Å². The molecule has 1 aromatic carbocycles. The normalized spacial score (nSPS) is 19.0. The van der Waals surface area contributed by atoms with Crippen LogP contribution in [0.4, 0.5) is 0 Å². The molecule has 0 spiro atoms. The molecule has 1 unspecified atom stereocenters. The van der Waals surface area contributed by atoms with Crippen LogP contribution < -0.4 is 0 Å². The number of benzene rings is 1. The number of carboxylic acids is 1. The molecule has 5 heteroatoms. The van der Waals surface area contributed by atoms with Crippen LogP contribution in [-0.2, 0) is 4.79 Å². The molecule has 1 fully saturated rings. The number of halogens is 1. The van der Waals surface area contributed by atoms with Gasteiger partial charge in [0.25, 0.3) is 5.91 Å². The number of aliphatic carboxylic acids is 1. The third kappa shape index (κ3) is 2.41. The van der Waals surface area contributed by atoms with Crippen molar-refractivity contribution in [2.75, 3.05) is 6.54 Å². The summed E-state index contributed by atoms with van der Waals surface area (Å²) in [6.07, 6.45) is 1.29. The van der Waals surface area contributed by atoms with Crippen LogP contribution >= 0.6 is 15.9 Å². The molecular formula is C13H14BrNO3. The van der Waals surface area contributed by atoms with Gasteiger partial charge in [-0.2, -0.15) is 0 Å². The second-order valence-electron chi connectivity index (χ2n) is 4.46. The fraction of sp³-hybridized carbons (Fsp3) is 0.385. The Hall–Kier alpha value is -1.36. The molecule has 0 aromatic heterocycles. The average molecular weight is 312 g/mol. The zero-order chi connectivity index (χ0) is 13.3. The van der Waals surface area contributed by atoms with E-state index in [1.54, 1.807) is 12.1 Å². The van der Waals surface area contributed by atoms with E-state index < -0.39 is 12.0 Å². The molecule has 2 rings (SSSR count). The molecule has 0 radical (unpaired) electrons. The van der Waals surface area contributed by atoms with Crippen LogP contribution in [0, 0.1) is 6.92 Å². The first kappa shape index (κ1) is 13.1. The predicted molar refractivity (Wildman–Crippen MR) is 70.6 cm³/mol. The molecule has 4 nitrogen and oxygen atoms in total. The highest BCUT2D eigenvalue weighted by molar-refractivity contribution is 9.10. The molecule has 96 valence electrons. The topological polar surface area (TPSA) is 57.6 Å². The Morgan fingerprint density at radius 2 is 2.17 bits per heavy atom. The lowest BCUT2D eigenvalue weighted by atomic mass is 10.1. The minimum atomic E-state index is -0.922. The van der Waals surface area contributed by atoms with Crippen molar-refractivity contribution < 1.29 is 14.7 Å². The van der Waals surface area contributed by atoms with Crippen molar-refractivity contribution in [1.29, 1.82) is 0 Å². The minimum Gasteiger partial charge on any atom is -0.480 e. The molecule has 1 aromatic rings. The Balaban J connectivity index is 2.25. The number of carbonyl (C=O) groups is 2. The number of aryl methyl sites for hydroxylation is 1. The lowest BCUT2D eigenvalue weighted by Crippen LogP contribution is -2.40. The van der Waals surface area contributed by atoms with Crippen LogP contribution in [-0.4, -0.2) is 34.5 Å². The number of amides is 1. The predicted octanol–water partition coefficient (Wildman–Crippen LogP) is 2.45. The van der Waals surface area contributed by atoms with E-state index in [9.17, 15) is 9.59 Å². The molecule has 0 saturated carbocycles. The van der Waals surface area contributed by atoms with E-state index in [0.29, 0.717) is 18.5 Å². The summed E-state index contributed by atoms with van der Waals surface area (Å²) in [5, 5.41) is 9.08. The summed E-state index contributed by atoms with van der Waals surface area (Å²) >= 11 is 3.38. The Bertz CT molecular complexity index is 501. The molecule has 1 aliphatic rings. The van der Waals surface area contributed by atoms with Gasteiger partial charge < -0.3 is 10.0 Å². The summed E-state index contributed by atoms with van der Waals surface area (Å²) < 4.78 is 0.940. The van der Waals surface area contributed by atoms with Gasteiger partial charge >= 0.3 is 5.97 Å². The highest BCUT2D eigenvalue weighted by Gasteiger charge is 2.34. The fourth-order valence-electron chi connectivity index (χ4n) is 2.21. The van der Waals surface area contributed by atoms with Crippen LogP contribution in [0.1, 0.15) is 28.8 Å². The maximum absolute atomic E-state index is 12.3. The van der Waals surface area contributed by atoms with Gasteiger partial charge in [0.15, 0.2) is 0 Å². The van der Waals surface area contributed by atoms with Crippen molar-refractivity contribution >= 4 is 27.8 Å². The Morgan fingerprint density at radius 3 is 2.78 bits per heavy atom. The molecule has 1 aliphatic heterocycles. The molecule has 18 heavy (non-hydrogen) atoms. The van der Waals surface area contributed by atoms with Gasteiger partial charge in [0.1, 0.15) is 6.04 Å². The number of carbonyl (C=O) groups excluding carboxylic acids is 1. The van der Waals surface area contributed by atoms with Gasteiger partial charge in [-0.25, -0.2) is 4.79 Å². The molecular weight excluding hydrogens is 298 g/mol. The van der Waals surface area contributed by atoms with E-state index in [0.717, 1.165) is 16.5 Å². The van der Waals surface area contributed by atoms with Crippen LogP contribution in [0.2, 0.25) is 0 Å². The first-order chi connectivity index (χ1) is 8.50. The van der Waals surface area contributed by atoms with Gasteiger partial charge in [0.2, 0.25) is 0 Å². The monoisotopic (exact) mass is 311 g/mol. The van der Waals surface area contributed by atoms with Crippen molar-refractivity contribution in [2.24, 2.45) is 0 Å². The highest BCUT2D eigenvalue weighted by atomic mass is 79.9. The number of likely N-dealkylation sites (tertiary alicyclic amines) is 1. The number of rotatable bonds is 2. The third-order valence-corrected chi connectivity index (χ3v) is 4.09. The van der Waals surface area contributed by atoms with Crippen molar-refractivity contribution in [3.8, 4) is 0 Å². The average Bonchev–Trinajstić information content (AvgIpc) is 2.81. The largest absolute Gasteiger partial charge is 0.480 e. The SMILES string of the molecule is Cc1cc(C(=O)N2CCCC2C(=O)O)ccc1Br. The zero-order valence-electron chi connectivity index (χ0n) is 10.0. The van der Waals surface area contributed by atoms with Crippen LogP contribution in [0.3, 0.4) is 0 Å². The summed E-state index contributed by atoms with van der Waals surface area (Å²) in [6.45, 7) is 2.42. The van der Waals surface area contributed by atoms with E-state index in [1.807, 2.05) is 13.0 Å². The Kier molecular flexibility index (Phi) is 3.71. The van der Waals surface area contributed by atoms with Crippen LogP contribution in [0.5, 0.6) is 0 Å². The summed E-state index contributed by atoms with van der Waals surface area (Å²) in [5.41, 5.74) is 1.51. The minimum absolute atomic E-state index is 0.199. The summed E-state index contributed by atoms with van der Waals surface area (Å²) in [4.78, 5) is 24.8. The van der Waals surface area contributed by atoms with E-state index >= 15 is 0 Å². The highest BCUT2D eigenvalue weighted by Crippen LogP contribution is 2.23. The molecule has 1 heterocycles. The van der Waals surface area contributed by atoms with E-state index in [-0.39, 0.29) is 5.91 Å². The molecule has 1 N–H and O–H groups in total. The third-order valence-electron chi connectivity index (χ3n) is 3.20. The summed E-state index contributed by atoms with van der Waals surface area (Å²) in [7, 11) is 0. The maximum atomic E-state index is 12.3. The van der Waals surface area contributed by atoms with E-state index in [4.69, 9.17) is 5.11 Å². The zero-order valence-corrected chi connectivity index (χ0v) is 11.6. The van der Waals surface area contributed by atoms with Crippen molar-refractivity contribution in [1.82, 2.24) is 4.90 Å². The van der Waals surface area contributed by atoms with Gasteiger partial charge in [0, 0.05) is 16.6 Å². The van der Waals surface area contributed by atoms with Gasteiger partial charge in [-0.3, -0.25) is 4.79 Å². The Morgan fingerprint density at radius 1 is 1.44 bits per heavy atom. The number of hydrogen-bond donors (Lipinski definition) is 1. The first-order valence-corrected chi connectivity index (χ1v) is 6.60. The maximum Gasteiger partial charge on any atom is 0.326 e. The second-order valence-corrected chi connectivity index (χ2v) is 5.31. The van der Waals surface area contributed by atoms with Gasteiger partial charge in [-0.15, -0.1) is 0 Å². The van der Waals surface area contributed by atoms with Crippen molar-refractivity contribution in [3.05, 3.63) is 33.8 Å². The van der Waals surface area contributed by atoms with Crippen LogP contribution in [0.25, 0.3) is 0 Å². The number of nitrogens with zero attached hydrogens (tertiary/aromatic N) is 1. The number of hydrogen-bond acceptors (Lipinski definition) is 2. The van der Waals surface area contributed by atoms with Gasteiger partial charge in [-0.1, -0.05) is 15.9 Å². The molecule has 1 amide bonds. The van der Waals surface area contributed by atoms with E-state index in [1.165, 1.54) is 4.90 Å². The molecule has 1 saturated heterocycles. The molecule has 1 atom stereocenters. The first-order valence-electron chi connectivity index (χ1n) is 5.80. The number of carboxylic acid groups (broad SMARTS) is 1. The van der Waals surface area contributed by atoms with Gasteiger partial charge in [0.05, 0.1) is 0 Å². The second kappa shape index (κ2) is 5.10. The molecule has 0 aliphatic carbocycles. The Labute approximate surface area is 114 Å². The van der Waals surface area contributed by atoms with Crippen LogP contribution in [0.15, 0.2) is 22.7 Å². The lowest BCUT2D eigenvalue weighted by Gasteiger charge is -2.21. The summed E-state index contributed by atoms with van der Waals surface area (Å²) in [5.74, 6) is -1.12. The quantitative estimate of drug-likeness (QED) is 0.912. The van der Waals surface area contributed by atoms with E-state index in [2.05, 4.69) is 15.9 Å².